The number of aryl methyl sites for hydroxylation is 2. The van der Waals surface area contributed by atoms with Crippen molar-refractivity contribution in [2.45, 2.75) is 31.0 Å². The van der Waals surface area contributed by atoms with Crippen molar-refractivity contribution in [2.24, 2.45) is 7.05 Å². The number of halogens is 3. The molecule has 0 bridgehead atoms. The fourth-order valence-electron chi connectivity index (χ4n) is 2.63. The number of benzene rings is 1. The number of sulfonamides is 1. The molecule has 0 saturated heterocycles. The molecule has 0 aliphatic carbocycles. The normalized spacial score (nSPS) is 13.6. The number of alkyl halides is 3. The molecule has 2 aromatic heterocycles. The molecule has 8 nitrogen and oxygen atoms in total. The molecule has 0 unspecified atom stereocenters. The van der Waals surface area contributed by atoms with Crippen LogP contribution in [0.2, 0.25) is 0 Å². The zero-order chi connectivity index (χ0) is 20.7. The van der Waals surface area contributed by atoms with Gasteiger partial charge in [0.05, 0.1) is 10.9 Å². The lowest BCUT2D eigenvalue weighted by atomic mass is 10.1. The Labute approximate surface area is 158 Å². The summed E-state index contributed by atoms with van der Waals surface area (Å²) in [6, 6.07) is 4.25. The molecule has 0 amide bonds. The second-order valence-electron chi connectivity index (χ2n) is 6.20. The van der Waals surface area contributed by atoms with Crippen LogP contribution < -0.4 is 4.72 Å². The fraction of sp³-hybridized carbons (Fsp3) is 0.312. The average molecular weight is 415 g/mol. The van der Waals surface area contributed by atoms with Gasteiger partial charge in [-0.25, -0.2) is 13.1 Å². The Morgan fingerprint density at radius 1 is 1.25 bits per heavy atom. The molecular weight excluding hydrogens is 399 g/mol. The van der Waals surface area contributed by atoms with E-state index < -0.39 is 28.0 Å². The van der Waals surface area contributed by atoms with Crippen molar-refractivity contribution >= 4 is 10.0 Å². The van der Waals surface area contributed by atoms with Crippen LogP contribution in [0.25, 0.3) is 11.3 Å². The van der Waals surface area contributed by atoms with E-state index in [1.807, 2.05) is 0 Å². The third kappa shape index (κ3) is 3.92. The van der Waals surface area contributed by atoms with E-state index in [1.54, 1.807) is 25.5 Å². The smallest absolute Gasteiger partial charge is 0.351 e. The third-order valence-corrected chi connectivity index (χ3v) is 5.71. The number of hydrogen-bond donors (Lipinski definition) is 1. The van der Waals surface area contributed by atoms with Crippen LogP contribution in [0.3, 0.4) is 0 Å². The summed E-state index contributed by atoms with van der Waals surface area (Å²) >= 11 is 0. The highest BCUT2D eigenvalue weighted by Crippen LogP contribution is 2.33. The fourth-order valence-corrected chi connectivity index (χ4v) is 4.10. The molecule has 0 aliphatic heterocycles. The lowest BCUT2D eigenvalue weighted by Gasteiger charge is -2.15. The van der Waals surface area contributed by atoms with Crippen molar-refractivity contribution in [1.82, 2.24) is 24.6 Å². The van der Waals surface area contributed by atoms with Gasteiger partial charge in [-0.1, -0.05) is 17.3 Å². The summed E-state index contributed by atoms with van der Waals surface area (Å²) in [4.78, 5) is -0.0874. The van der Waals surface area contributed by atoms with Crippen LogP contribution in [0, 0.1) is 6.92 Å². The second kappa shape index (κ2) is 7.02. The second-order valence-corrected chi connectivity index (χ2v) is 7.88. The number of nitrogens with zero attached hydrogens (tertiary/aromatic N) is 4. The van der Waals surface area contributed by atoms with Gasteiger partial charge < -0.3 is 9.09 Å². The number of rotatable bonds is 5. The number of nitrogens with one attached hydrogen (secondary N) is 1. The lowest BCUT2D eigenvalue weighted by molar-refractivity contribution is -0.155. The molecule has 3 rings (SSSR count). The van der Waals surface area contributed by atoms with Gasteiger partial charge in [0.2, 0.25) is 15.8 Å². The summed E-state index contributed by atoms with van der Waals surface area (Å²) in [6.45, 7) is 3.18. The van der Waals surface area contributed by atoms with E-state index in [2.05, 4.69) is 24.6 Å². The van der Waals surface area contributed by atoms with Crippen LogP contribution in [-0.4, -0.2) is 28.3 Å². The minimum Gasteiger partial charge on any atom is -0.351 e. The van der Waals surface area contributed by atoms with Gasteiger partial charge >= 0.3 is 6.18 Å². The monoisotopic (exact) mass is 415 g/mol. The molecule has 28 heavy (non-hydrogen) atoms. The SMILES string of the molecule is Cc1ccc(-c2cc(C(F)(F)F)on2)cc1S(=O)(=O)N[C@@H](C)c1nncn1C. The van der Waals surface area contributed by atoms with E-state index in [0.717, 1.165) is 6.07 Å². The van der Waals surface area contributed by atoms with Crippen molar-refractivity contribution in [3.63, 3.8) is 0 Å². The first-order valence-corrected chi connectivity index (χ1v) is 9.48. The maximum atomic E-state index is 12.8. The molecular formula is C16H16F3N5O3S. The van der Waals surface area contributed by atoms with Crippen molar-refractivity contribution < 1.29 is 26.1 Å². The molecule has 150 valence electrons. The van der Waals surface area contributed by atoms with Crippen molar-refractivity contribution in [1.29, 1.82) is 0 Å². The van der Waals surface area contributed by atoms with E-state index in [4.69, 9.17) is 0 Å². The lowest BCUT2D eigenvalue weighted by Crippen LogP contribution is -2.29. The molecule has 0 radical (unpaired) electrons. The Kier molecular flexibility index (Phi) is 5.02. The van der Waals surface area contributed by atoms with Crippen molar-refractivity contribution in [3.8, 4) is 11.3 Å². The maximum Gasteiger partial charge on any atom is 0.452 e. The Hall–Kier alpha value is -2.73. The minimum atomic E-state index is -4.68. The molecule has 1 N–H and O–H groups in total. The average Bonchev–Trinajstić information content (AvgIpc) is 3.23. The van der Waals surface area contributed by atoms with E-state index >= 15 is 0 Å². The Balaban J connectivity index is 1.94. The summed E-state index contributed by atoms with van der Waals surface area (Å²) < 4.78 is 72.1. The molecule has 0 saturated carbocycles. The van der Waals surface area contributed by atoms with E-state index in [1.165, 1.54) is 24.5 Å². The Morgan fingerprint density at radius 2 is 1.96 bits per heavy atom. The molecule has 1 aromatic carbocycles. The van der Waals surface area contributed by atoms with Gasteiger partial charge in [0.15, 0.2) is 0 Å². The standard InChI is InChI=1S/C16H16F3N5O3S/c1-9-4-5-11(12-7-14(27-22-12)16(17,18)19)6-13(9)28(25,26)23-10(2)15-21-20-8-24(15)3/h4-8,10,23H,1-3H3/t10-/m0/s1. The molecule has 2 heterocycles. The van der Waals surface area contributed by atoms with E-state index in [9.17, 15) is 21.6 Å². The Morgan fingerprint density at radius 3 is 2.54 bits per heavy atom. The van der Waals surface area contributed by atoms with Gasteiger partial charge in [0, 0.05) is 18.7 Å². The van der Waals surface area contributed by atoms with Crippen LogP contribution >= 0.6 is 0 Å². The predicted molar refractivity (Wildman–Crippen MR) is 91.4 cm³/mol. The first-order valence-electron chi connectivity index (χ1n) is 8.00. The topological polar surface area (TPSA) is 103 Å². The Bertz CT molecular complexity index is 1100. The summed E-state index contributed by atoms with van der Waals surface area (Å²) in [5.74, 6) is -0.856. The number of aromatic nitrogens is 4. The molecule has 3 aromatic rings. The summed E-state index contributed by atoms with van der Waals surface area (Å²) in [6.07, 6.45) is -3.24. The van der Waals surface area contributed by atoms with E-state index in [0.29, 0.717) is 11.4 Å². The molecule has 1 atom stereocenters. The maximum absolute atomic E-state index is 12.8. The summed E-state index contributed by atoms with van der Waals surface area (Å²) in [5.41, 5.74) is 0.475. The van der Waals surface area contributed by atoms with Crippen LogP contribution in [0.15, 0.2) is 40.0 Å². The molecule has 12 heteroatoms. The van der Waals surface area contributed by atoms with Crippen LogP contribution in [0.4, 0.5) is 13.2 Å². The first-order chi connectivity index (χ1) is 13.0. The number of hydrogen-bond acceptors (Lipinski definition) is 6. The van der Waals surface area contributed by atoms with Gasteiger partial charge in [0.25, 0.3) is 0 Å². The minimum absolute atomic E-state index is 0.0874. The highest BCUT2D eigenvalue weighted by atomic mass is 32.2. The van der Waals surface area contributed by atoms with Crippen LogP contribution in [-0.2, 0) is 23.2 Å². The zero-order valence-electron chi connectivity index (χ0n) is 15.0. The van der Waals surface area contributed by atoms with Gasteiger partial charge in [-0.3, -0.25) is 0 Å². The highest BCUT2D eigenvalue weighted by molar-refractivity contribution is 7.89. The largest absolute Gasteiger partial charge is 0.452 e. The first kappa shape index (κ1) is 20.0. The van der Waals surface area contributed by atoms with Gasteiger partial charge in [-0.15, -0.1) is 10.2 Å². The van der Waals surface area contributed by atoms with Crippen LogP contribution in [0.5, 0.6) is 0 Å². The summed E-state index contributed by atoms with van der Waals surface area (Å²) in [5, 5.41) is 11.0. The highest BCUT2D eigenvalue weighted by Gasteiger charge is 2.36. The molecule has 0 aliphatic rings. The predicted octanol–water partition coefficient (Wildman–Crippen LogP) is 2.84. The summed E-state index contributed by atoms with van der Waals surface area (Å²) in [7, 11) is -2.32. The third-order valence-electron chi connectivity index (χ3n) is 4.03. The quantitative estimate of drug-likeness (QED) is 0.687. The molecule has 0 spiro atoms. The molecule has 0 fully saturated rings. The van der Waals surface area contributed by atoms with E-state index in [-0.39, 0.29) is 16.2 Å². The van der Waals surface area contributed by atoms with Gasteiger partial charge in [-0.2, -0.15) is 13.2 Å². The van der Waals surface area contributed by atoms with Crippen molar-refractivity contribution in [3.05, 3.63) is 47.7 Å². The van der Waals surface area contributed by atoms with Gasteiger partial charge in [-0.05, 0) is 25.5 Å². The van der Waals surface area contributed by atoms with Gasteiger partial charge in [0.1, 0.15) is 17.8 Å². The van der Waals surface area contributed by atoms with Crippen molar-refractivity contribution in [2.75, 3.05) is 0 Å². The van der Waals surface area contributed by atoms with Crippen LogP contribution in [0.1, 0.15) is 30.1 Å². The zero-order valence-corrected chi connectivity index (χ0v) is 15.8.